The molecule has 0 atom stereocenters. The number of rotatable bonds is 3. The molecule has 2 heterocycles. The number of hydrogen-bond donors (Lipinski definition) is 2. The first-order valence-electron chi connectivity index (χ1n) is 7.49. The van der Waals surface area contributed by atoms with Crippen LogP contribution in [0.5, 0.6) is 0 Å². The molecular formula is C16H19N3O3S. The number of anilines is 1. The van der Waals surface area contributed by atoms with Gasteiger partial charge < -0.3 is 10.6 Å². The fraction of sp³-hybridized carbons (Fsp3) is 0.375. The average molecular weight is 333 g/mol. The van der Waals surface area contributed by atoms with E-state index in [1.54, 1.807) is 12.3 Å². The van der Waals surface area contributed by atoms with Crippen molar-refractivity contribution in [2.75, 3.05) is 24.7 Å². The maximum absolute atomic E-state index is 12.7. The van der Waals surface area contributed by atoms with E-state index < -0.39 is 20.5 Å². The molecule has 1 fully saturated rings. The normalized spacial score (nSPS) is 17.8. The summed E-state index contributed by atoms with van der Waals surface area (Å²) in [4.78, 5) is 17.0. The van der Waals surface area contributed by atoms with Crippen LogP contribution < -0.4 is 10.6 Å². The zero-order valence-electron chi connectivity index (χ0n) is 12.9. The van der Waals surface area contributed by atoms with Gasteiger partial charge in [-0.3, -0.25) is 9.78 Å². The first kappa shape index (κ1) is 15.9. The van der Waals surface area contributed by atoms with Gasteiger partial charge in [0.1, 0.15) is 0 Å². The Morgan fingerprint density at radius 3 is 2.65 bits per heavy atom. The van der Waals surface area contributed by atoms with Gasteiger partial charge in [0, 0.05) is 11.6 Å². The first-order valence-corrected chi connectivity index (χ1v) is 9.38. The molecule has 0 radical (unpaired) electrons. The molecule has 1 amide bonds. The fourth-order valence-corrected chi connectivity index (χ4v) is 4.31. The molecule has 0 saturated carbocycles. The van der Waals surface area contributed by atoms with E-state index in [4.69, 9.17) is 0 Å². The molecule has 122 valence electrons. The summed E-state index contributed by atoms with van der Waals surface area (Å²) in [5.41, 5.74) is 1.33. The van der Waals surface area contributed by atoms with E-state index >= 15 is 0 Å². The zero-order valence-corrected chi connectivity index (χ0v) is 13.7. The highest BCUT2D eigenvalue weighted by Crippen LogP contribution is 2.29. The van der Waals surface area contributed by atoms with E-state index in [9.17, 15) is 13.2 Å². The largest absolute Gasteiger partial charge is 0.323 e. The third-order valence-electron chi connectivity index (χ3n) is 4.38. The molecule has 1 saturated heterocycles. The van der Waals surface area contributed by atoms with Crippen LogP contribution in [-0.4, -0.2) is 43.4 Å². The van der Waals surface area contributed by atoms with Crippen LogP contribution in [0, 0.1) is 0 Å². The minimum Gasteiger partial charge on any atom is -0.323 e. The Morgan fingerprint density at radius 2 is 1.96 bits per heavy atom. The zero-order chi connectivity index (χ0) is 16.5. The Hall–Kier alpha value is -1.99. The van der Waals surface area contributed by atoms with Crippen molar-refractivity contribution < 1.29 is 13.2 Å². The molecule has 6 nitrogen and oxygen atoms in total. The highest BCUT2D eigenvalue weighted by Gasteiger charge is 2.48. The molecule has 1 aromatic heterocycles. The maximum Gasteiger partial charge on any atom is 0.245 e. The van der Waals surface area contributed by atoms with Gasteiger partial charge in [-0.05, 0) is 38.1 Å². The van der Waals surface area contributed by atoms with Gasteiger partial charge >= 0.3 is 0 Å². The third-order valence-corrected chi connectivity index (χ3v) is 6.40. The Kier molecular flexibility index (Phi) is 4.08. The van der Waals surface area contributed by atoms with E-state index in [1.807, 2.05) is 24.3 Å². The van der Waals surface area contributed by atoms with Crippen LogP contribution in [0.3, 0.4) is 0 Å². The minimum absolute atomic E-state index is 0.276. The van der Waals surface area contributed by atoms with E-state index in [1.165, 1.54) is 0 Å². The van der Waals surface area contributed by atoms with Crippen molar-refractivity contribution in [1.82, 2.24) is 10.3 Å². The molecule has 0 bridgehead atoms. The van der Waals surface area contributed by atoms with Gasteiger partial charge in [-0.2, -0.15) is 0 Å². The number of nitrogens with zero attached hydrogens (tertiary/aromatic N) is 1. The lowest BCUT2D eigenvalue weighted by atomic mass is 9.95. The van der Waals surface area contributed by atoms with Crippen molar-refractivity contribution in [3.05, 3.63) is 36.5 Å². The van der Waals surface area contributed by atoms with Crippen molar-refractivity contribution >= 4 is 32.3 Å². The van der Waals surface area contributed by atoms with Gasteiger partial charge in [-0.1, -0.05) is 18.2 Å². The Balaban J connectivity index is 1.91. The van der Waals surface area contributed by atoms with Crippen molar-refractivity contribution in [3.63, 3.8) is 0 Å². The molecular weight excluding hydrogens is 314 g/mol. The summed E-state index contributed by atoms with van der Waals surface area (Å²) in [5, 5.41) is 6.73. The average Bonchev–Trinajstić information content (AvgIpc) is 2.54. The van der Waals surface area contributed by atoms with Crippen LogP contribution in [-0.2, 0) is 14.6 Å². The van der Waals surface area contributed by atoms with Crippen LogP contribution in [0.15, 0.2) is 36.5 Å². The molecule has 0 unspecified atom stereocenters. The maximum atomic E-state index is 12.7. The van der Waals surface area contributed by atoms with Crippen LogP contribution in [0.1, 0.15) is 12.8 Å². The second kappa shape index (κ2) is 5.90. The van der Waals surface area contributed by atoms with Gasteiger partial charge in [0.05, 0.1) is 17.4 Å². The summed E-state index contributed by atoms with van der Waals surface area (Å²) in [6.45, 7) is 1.02. The van der Waals surface area contributed by atoms with Gasteiger partial charge in [0.15, 0.2) is 14.6 Å². The monoisotopic (exact) mass is 333 g/mol. The molecule has 0 spiro atoms. The number of piperidine rings is 1. The molecule has 1 aliphatic heterocycles. The second-order valence-electron chi connectivity index (χ2n) is 5.89. The lowest BCUT2D eigenvalue weighted by Crippen LogP contribution is -2.55. The Morgan fingerprint density at radius 1 is 1.26 bits per heavy atom. The van der Waals surface area contributed by atoms with Crippen molar-refractivity contribution in [2.45, 2.75) is 17.6 Å². The predicted molar refractivity (Wildman–Crippen MR) is 90.1 cm³/mol. The number of fused-ring (bicyclic) bond motifs is 1. The second-order valence-corrected chi connectivity index (χ2v) is 8.21. The van der Waals surface area contributed by atoms with E-state index in [0.29, 0.717) is 18.8 Å². The lowest BCUT2D eigenvalue weighted by Gasteiger charge is -2.34. The van der Waals surface area contributed by atoms with Crippen LogP contribution in [0.25, 0.3) is 10.9 Å². The van der Waals surface area contributed by atoms with Crippen LogP contribution in [0.4, 0.5) is 5.69 Å². The first-order chi connectivity index (χ1) is 10.9. The molecule has 2 aromatic rings. The quantitative estimate of drug-likeness (QED) is 0.885. The number of para-hydroxylation sites is 1. The SMILES string of the molecule is CS(=O)(=O)C1(C(=O)Nc2cnc3ccccc3c2)CCNCC1. The Bertz CT molecular complexity index is 843. The summed E-state index contributed by atoms with van der Waals surface area (Å²) in [7, 11) is -3.52. The topological polar surface area (TPSA) is 88.2 Å². The van der Waals surface area contributed by atoms with Crippen molar-refractivity contribution in [1.29, 1.82) is 0 Å². The van der Waals surface area contributed by atoms with E-state index in [-0.39, 0.29) is 12.8 Å². The summed E-state index contributed by atoms with van der Waals surface area (Å²) >= 11 is 0. The number of nitrogens with one attached hydrogen (secondary N) is 2. The number of amides is 1. The molecule has 1 aliphatic rings. The molecule has 23 heavy (non-hydrogen) atoms. The van der Waals surface area contributed by atoms with Gasteiger partial charge in [0.2, 0.25) is 5.91 Å². The van der Waals surface area contributed by atoms with Crippen molar-refractivity contribution in [3.8, 4) is 0 Å². The van der Waals surface area contributed by atoms with E-state index in [2.05, 4.69) is 15.6 Å². The Labute approximate surface area is 135 Å². The summed E-state index contributed by atoms with van der Waals surface area (Å²) in [6.07, 6.45) is 3.24. The third kappa shape index (κ3) is 2.94. The highest BCUT2D eigenvalue weighted by molar-refractivity contribution is 7.92. The molecule has 7 heteroatoms. The summed E-state index contributed by atoms with van der Waals surface area (Å²) in [6, 6.07) is 9.36. The fourth-order valence-electron chi connectivity index (χ4n) is 2.98. The molecule has 3 rings (SSSR count). The number of benzene rings is 1. The van der Waals surface area contributed by atoms with Gasteiger partial charge in [-0.25, -0.2) is 8.42 Å². The van der Waals surface area contributed by atoms with Crippen LogP contribution >= 0.6 is 0 Å². The number of pyridine rings is 1. The lowest BCUT2D eigenvalue weighted by molar-refractivity contribution is -0.119. The van der Waals surface area contributed by atoms with Gasteiger partial charge in [-0.15, -0.1) is 0 Å². The minimum atomic E-state index is -3.52. The molecule has 0 aliphatic carbocycles. The highest BCUT2D eigenvalue weighted by atomic mass is 32.2. The van der Waals surface area contributed by atoms with Crippen LogP contribution in [0.2, 0.25) is 0 Å². The number of sulfone groups is 1. The summed E-state index contributed by atoms with van der Waals surface area (Å²) < 4.78 is 23.1. The number of hydrogen-bond acceptors (Lipinski definition) is 5. The van der Waals surface area contributed by atoms with Crippen molar-refractivity contribution in [2.24, 2.45) is 0 Å². The summed E-state index contributed by atoms with van der Waals surface area (Å²) in [5.74, 6) is -0.474. The molecule has 2 N–H and O–H groups in total. The number of aromatic nitrogens is 1. The molecule has 1 aromatic carbocycles. The standard InChI is InChI=1S/C16H19N3O3S/c1-23(21,22)16(6-8-17-9-7-16)15(20)19-13-10-12-4-2-3-5-14(12)18-11-13/h2-5,10-11,17H,6-9H2,1H3,(H,19,20). The van der Waals surface area contributed by atoms with Gasteiger partial charge in [0.25, 0.3) is 0 Å². The van der Waals surface area contributed by atoms with E-state index in [0.717, 1.165) is 17.2 Å². The number of carbonyl (C=O) groups is 1. The number of carbonyl (C=O) groups excluding carboxylic acids is 1. The predicted octanol–water partition coefficient (Wildman–Crippen LogP) is 1.34. The smallest absolute Gasteiger partial charge is 0.245 e.